The van der Waals surface area contributed by atoms with Crippen molar-refractivity contribution in [3.8, 4) is 0 Å². The third-order valence-electron chi connectivity index (χ3n) is 7.34. The fraction of sp³-hybridized carbons (Fsp3) is 0.789. The first-order chi connectivity index (χ1) is 10.9. The van der Waals surface area contributed by atoms with Gasteiger partial charge in [0.2, 0.25) is 0 Å². The van der Waals surface area contributed by atoms with Crippen LogP contribution in [0.25, 0.3) is 0 Å². The Morgan fingerprint density at radius 2 is 2.00 bits per heavy atom. The van der Waals surface area contributed by atoms with Crippen molar-refractivity contribution in [3.63, 3.8) is 0 Å². The van der Waals surface area contributed by atoms with E-state index < -0.39 is 11.7 Å². The number of hydrogen-bond donors (Lipinski definition) is 2. The van der Waals surface area contributed by atoms with E-state index in [1.807, 2.05) is 6.08 Å². The minimum Gasteiger partial charge on any atom is -0.393 e. The third-order valence-corrected chi connectivity index (χ3v) is 7.34. The van der Waals surface area contributed by atoms with Crippen LogP contribution in [-0.2, 0) is 9.59 Å². The molecule has 0 spiro atoms. The van der Waals surface area contributed by atoms with Gasteiger partial charge in [0, 0.05) is 12.3 Å². The smallest absolute Gasteiger partial charge is 0.161 e. The summed E-state index contributed by atoms with van der Waals surface area (Å²) in [6.45, 7) is 1.48. The lowest BCUT2D eigenvalue weighted by Crippen LogP contribution is -2.53. The van der Waals surface area contributed by atoms with E-state index in [4.69, 9.17) is 0 Å². The van der Waals surface area contributed by atoms with Crippen LogP contribution in [0.1, 0.15) is 51.9 Å². The molecule has 5 unspecified atom stereocenters. The van der Waals surface area contributed by atoms with Gasteiger partial charge in [0.25, 0.3) is 0 Å². The Morgan fingerprint density at radius 1 is 1.22 bits per heavy atom. The number of aliphatic hydroxyl groups excluding tert-OH is 1. The van der Waals surface area contributed by atoms with Gasteiger partial charge in [-0.2, -0.15) is 0 Å². The van der Waals surface area contributed by atoms with Crippen LogP contribution in [0.3, 0.4) is 0 Å². The number of fused-ring (bicyclic) bond motifs is 5. The molecule has 4 rings (SSSR count). The zero-order valence-corrected chi connectivity index (χ0v) is 13.7. The van der Waals surface area contributed by atoms with Crippen molar-refractivity contribution in [1.82, 2.24) is 0 Å². The summed E-state index contributed by atoms with van der Waals surface area (Å²) < 4.78 is 0. The summed E-state index contributed by atoms with van der Waals surface area (Å²) in [5.41, 5.74) is 0.00903. The molecule has 0 aliphatic heterocycles. The number of carbonyl (C=O) groups is 2. The molecule has 0 bridgehead atoms. The van der Waals surface area contributed by atoms with Crippen molar-refractivity contribution in [1.29, 1.82) is 0 Å². The molecule has 4 heteroatoms. The zero-order valence-electron chi connectivity index (χ0n) is 13.7. The van der Waals surface area contributed by atoms with Crippen molar-refractivity contribution < 1.29 is 19.8 Å². The van der Waals surface area contributed by atoms with Gasteiger partial charge in [-0.15, -0.1) is 0 Å². The second-order valence-electron chi connectivity index (χ2n) is 8.20. The summed E-state index contributed by atoms with van der Waals surface area (Å²) in [6, 6.07) is 0. The molecular weight excluding hydrogens is 292 g/mol. The van der Waals surface area contributed by atoms with Crippen LogP contribution < -0.4 is 0 Å². The molecule has 0 aromatic rings. The molecule has 4 aliphatic rings. The second-order valence-corrected chi connectivity index (χ2v) is 8.20. The van der Waals surface area contributed by atoms with Crippen LogP contribution in [0.5, 0.6) is 0 Å². The highest BCUT2D eigenvalue weighted by atomic mass is 16.3. The molecule has 0 heterocycles. The second kappa shape index (κ2) is 5.25. The van der Waals surface area contributed by atoms with E-state index in [1.165, 1.54) is 12.5 Å². The highest BCUT2D eigenvalue weighted by molar-refractivity contribution is 5.91. The Kier molecular flexibility index (Phi) is 3.54. The molecule has 23 heavy (non-hydrogen) atoms. The fourth-order valence-electron chi connectivity index (χ4n) is 6.31. The lowest BCUT2D eigenvalue weighted by molar-refractivity contribution is -0.148. The summed E-state index contributed by atoms with van der Waals surface area (Å²) in [6.07, 6.45) is 6.68. The van der Waals surface area contributed by atoms with Gasteiger partial charge in [-0.3, -0.25) is 9.59 Å². The van der Waals surface area contributed by atoms with Gasteiger partial charge in [0.15, 0.2) is 11.6 Å². The Hall–Kier alpha value is -1.00. The molecule has 3 saturated carbocycles. The molecule has 0 aromatic carbocycles. The van der Waals surface area contributed by atoms with E-state index in [9.17, 15) is 19.8 Å². The van der Waals surface area contributed by atoms with E-state index in [2.05, 4.69) is 0 Å². The minimum atomic E-state index is -1.23. The highest BCUT2D eigenvalue weighted by Gasteiger charge is 2.59. The fourth-order valence-corrected chi connectivity index (χ4v) is 6.31. The first kappa shape index (κ1) is 15.5. The summed E-state index contributed by atoms with van der Waals surface area (Å²) >= 11 is 0. The Bertz CT molecular complexity index is 580. The van der Waals surface area contributed by atoms with Gasteiger partial charge in [-0.05, 0) is 75.2 Å². The summed E-state index contributed by atoms with van der Waals surface area (Å²) in [5, 5.41) is 21.7. The summed E-state index contributed by atoms with van der Waals surface area (Å²) in [5.74, 6) is 1.25. The third kappa shape index (κ3) is 2.18. The number of allylic oxidation sites excluding steroid dienone is 1. The molecule has 0 amide bonds. The molecule has 2 N–H and O–H groups in total. The van der Waals surface area contributed by atoms with Crippen molar-refractivity contribution in [2.75, 3.05) is 0 Å². The average molecular weight is 318 g/mol. The maximum atomic E-state index is 12.0. The van der Waals surface area contributed by atoms with Crippen LogP contribution >= 0.6 is 0 Å². The van der Waals surface area contributed by atoms with Crippen LogP contribution in [-0.4, -0.2) is 33.5 Å². The molecule has 4 nitrogen and oxygen atoms in total. The SMILES string of the molecule is CC(=O)[C@@]1(O)CCC2C3CCC4=CC(=O)CCC4C3[C@@H](O)CC21. The molecule has 0 radical (unpaired) electrons. The van der Waals surface area contributed by atoms with Gasteiger partial charge < -0.3 is 10.2 Å². The van der Waals surface area contributed by atoms with Crippen molar-refractivity contribution in [3.05, 3.63) is 11.6 Å². The van der Waals surface area contributed by atoms with Crippen LogP contribution in [0, 0.1) is 29.6 Å². The van der Waals surface area contributed by atoms with Crippen molar-refractivity contribution >= 4 is 11.6 Å². The van der Waals surface area contributed by atoms with Gasteiger partial charge >= 0.3 is 0 Å². The Balaban J connectivity index is 1.65. The first-order valence-electron chi connectivity index (χ1n) is 9.06. The largest absolute Gasteiger partial charge is 0.393 e. The van der Waals surface area contributed by atoms with E-state index in [0.717, 1.165) is 25.7 Å². The summed E-state index contributed by atoms with van der Waals surface area (Å²) in [7, 11) is 0. The zero-order chi connectivity index (χ0) is 16.4. The number of carbonyl (C=O) groups excluding carboxylic acids is 2. The van der Waals surface area contributed by atoms with E-state index in [0.29, 0.717) is 37.0 Å². The molecule has 3 fully saturated rings. The highest BCUT2D eigenvalue weighted by Crippen LogP contribution is 2.59. The van der Waals surface area contributed by atoms with E-state index >= 15 is 0 Å². The maximum Gasteiger partial charge on any atom is 0.161 e. The quantitative estimate of drug-likeness (QED) is 0.776. The number of ketones is 2. The topological polar surface area (TPSA) is 74.6 Å². The molecule has 7 atom stereocenters. The number of Topliss-reactive ketones (excluding diaryl/α,β-unsaturated/α-hetero) is 1. The standard InChI is InChI=1S/C19H26O4/c1-10(20)19(23)7-6-14-15-4-2-11-8-12(21)3-5-13(11)18(15)17(22)9-16(14)19/h8,13-18,22-23H,2-7,9H2,1H3/t13?,14?,15?,16?,17-,18?,19-/m0/s1. The van der Waals surface area contributed by atoms with Gasteiger partial charge in [0.1, 0.15) is 5.60 Å². The normalized spacial score (nSPS) is 49.0. The van der Waals surface area contributed by atoms with Gasteiger partial charge in [0.05, 0.1) is 6.10 Å². The lowest BCUT2D eigenvalue weighted by Gasteiger charge is -2.52. The molecule has 0 saturated heterocycles. The number of hydrogen-bond acceptors (Lipinski definition) is 4. The summed E-state index contributed by atoms with van der Waals surface area (Å²) in [4.78, 5) is 23.7. The van der Waals surface area contributed by atoms with Crippen LogP contribution in [0.2, 0.25) is 0 Å². The van der Waals surface area contributed by atoms with Crippen molar-refractivity contribution in [2.24, 2.45) is 29.6 Å². The molecule has 126 valence electrons. The molecule has 0 aromatic heterocycles. The van der Waals surface area contributed by atoms with E-state index in [-0.39, 0.29) is 23.4 Å². The predicted octanol–water partition coefficient (Wildman–Crippen LogP) is 2.03. The van der Waals surface area contributed by atoms with Crippen LogP contribution in [0.15, 0.2) is 11.6 Å². The monoisotopic (exact) mass is 318 g/mol. The predicted molar refractivity (Wildman–Crippen MR) is 84.5 cm³/mol. The van der Waals surface area contributed by atoms with Gasteiger partial charge in [-0.1, -0.05) is 5.57 Å². The number of rotatable bonds is 1. The number of aliphatic hydroxyl groups is 2. The van der Waals surface area contributed by atoms with E-state index in [1.54, 1.807) is 0 Å². The average Bonchev–Trinajstić information content (AvgIpc) is 2.85. The van der Waals surface area contributed by atoms with Gasteiger partial charge in [-0.25, -0.2) is 0 Å². The Morgan fingerprint density at radius 3 is 2.74 bits per heavy atom. The Labute approximate surface area is 137 Å². The van der Waals surface area contributed by atoms with Crippen LogP contribution in [0.4, 0.5) is 0 Å². The first-order valence-corrected chi connectivity index (χ1v) is 9.06. The minimum absolute atomic E-state index is 0.0907. The maximum absolute atomic E-state index is 12.0. The molecule has 4 aliphatic carbocycles. The lowest BCUT2D eigenvalue weighted by atomic mass is 9.54. The molecular formula is C19H26O4. The van der Waals surface area contributed by atoms with Crippen molar-refractivity contribution in [2.45, 2.75) is 63.6 Å².